The fourth-order valence-corrected chi connectivity index (χ4v) is 3.51. The molecule has 3 aromatic rings. The third-order valence-corrected chi connectivity index (χ3v) is 4.75. The number of aryl methyl sites for hydroxylation is 2. The maximum absolute atomic E-state index is 2.37. The Morgan fingerprint density at radius 1 is 0.960 bits per heavy atom. The SMILES string of the molecule is Cc1ccc(CC(C)(C)C)cc1-c1cccc(-c2cccn2C)[n+]1C. The molecule has 0 saturated carbocycles. The lowest BCUT2D eigenvalue weighted by atomic mass is 9.87. The molecule has 0 aliphatic heterocycles. The summed E-state index contributed by atoms with van der Waals surface area (Å²) in [4.78, 5) is 0. The average molecular weight is 333 g/mol. The highest BCUT2D eigenvalue weighted by Gasteiger charge is 2.20. The number of rotatable bonds is 3. The van der Waals surface area contributed by atoms with Gasteiger partial charge >= 0.3 is 0 Å². The van der Waals surface area contributed by atoms with Crippen LogP contribution in [0.2, 0.25) is 0 Å². The summed E-state index contributed by atoms with van der Waals surface area (Å²) >= 11 is 0. The van der Waals surface area contributed by atoms with Crippen molar-refractivity contribution in [1.29, 1.82) is 0 Å². The van der Waals surface area contributed by atoms with E-state index < -0.39 is 0 Å². The van der Waals surface area contributed by atoms with Crippen LogP contribution in [0.15, 0.2) is 54.7 Å². The summed E-state index contributed by atoms with van der Waals surface area (Å²) in [6.07, 6.45) is 3.18. The number of benzene rings is 1. The maximum atomic E-state index is 2.37. The topological polar surface area (TPSA) is 8.81 Å². The van der Waals surface area contributed by atoms with Crippen LogP contribution >= 0.6 is 0 Å². The molecule has 25 heavy (non-hydrogen) atoms. The molecular formula is C23H29N2+. The minimum atomic E-state index is 0.291. The van der Waals surface area contributed by atoms with Gasteiger partial charge in [0.15, 0.2) is 0 Å². The minimum absolute atomic E-state index is 0.291. The van der Waals surface area contributed by atoms with Crippen molar-refractivity contribution >= 4 is 0 Å². The van der Waals surface area contributed by atoms with Gasteiger partial charge in [-0.15, -0.1) is 0 Å². The van der Waals surface area contributed by atoms with Crippen molar-refractivity contribution in [3.05, 3.63) is 65.9 Å². The average Bonchev–Trinajstić information content (AvgIpc) is 2.94. The van der Waals surface area contributed by atoms with Gasteiger partial charge in [0.1, 0.15) is 12.7 Å². The number of aromatic nitrogens is 2. The molecule has 2 aromatic heterocycles. The number of pyridine rings is 1. The van der Waals surface area contributed by atoms with Crippen molar-refractivity contribution in [2.75, 3.05) is 0 Å². The molecule has 2 heteroatoms. The Labute approximate surface area is 151 Å². The Morgan fingerprint density at radius 2 is 1.68 bits per heavy atom. The number of hydrogen-bond acceptors (Lipinski definition) is 0. The van der Waals surface area contributed by atoms with Crippen molar-refractivity contribution in [2.45, 2.75) is 34.1 Å². The molecule has 0 amide bonds. The van der Waals surface area contributed by atoms with Crippen molar-refractivity contribution in [2.24, 2.45) is 19.5 Å². The number of hydrogen-bond donors (Lipinski definition) is 0. The first-order valence-electron chi connectivity index (χ1n) is 8.97. The molecule has 2 nitrogen and oxygen atoms in total. The van der Waals surface area contributed by atoms with E-state index in [1.165, 1.54) is 33.8 Å². The monoisotopic (exact) mass is 333 g/mol. The van der Waals surface area contributed by atoms with E-state index >= 15 is 0 Å². The highest BCUT2D eigenvalue weighted by atomic mass is 15.0. The van der Waals surface area contributed by atoms with E-state index in [2.05, 4.69) is 106 Å². The minimum Gasteiger partial charge on any atom is -0.346 e. The first kappa shape index (κ1) is 17.5. The first-order chi connectivity index (χ1) is 11.8. The molecule has 1 aromatic carbocycles. The fourth-order valence-electron chi connectivity index (χ4n) is 3.51. The van der Waals surface area contributed by atoms with Gasteiger partial charge in [-0.3, -0.25) is 0 Å². The molecule has 2 heterocycles. The lowest BCUT2D eigenvalue weighted by Gasteiger charge is -2.19. The molecule has 0 unspecified atom stereocenters. The Morgan fingerprint density at radius 3 is 2.32 bits per heavy atom. The lowest BCUT2D eigenvalue weighted by molar-refractivity contribution is -0.649. The molecule has 0 bridgehead atoms. The van der Waals surface area contributed by atoms with Gasteiger partial charge in [-0.05, 0) is 54.2 Å². The zero-order valence-corrected chi connectivity index (χ0v) is 16.3. The van der Waals surface area contributed by atoms with Gasteiger partial charge in [0.2, 0.25) is 11.4 Å². The molecular weight excluding hydrogens is 304 g/mol. The largest absolute Gasteiger partial charge is 0.346 e. The molecule has 0 N–H and O–H groups in total. The lowest BCUT2D eigenvalue weighted by Crippen LogP contribution is -2.34. The van der Waals surface area contributed by atoms with Crippen molar-refractivity contribution in [3.8, 4) is 22.6 Å². The molecule has 3 rings (SSSR count). The van der Waals surface area contributed by atoms with E-state index in [0.29, 0.717) is 5.41 Å². The van der Waals surface area contributed by atoms with Crippen LogP contribution in [-0.2, 0) is 20.5 Å². The maximum Gasteiger partial charge on any atom is 0.229 e. The van der Waals surface area contributed by atoms with Crippen LogP contribution in [0.1, 0.15) is 31.9 Å². The standard InChI is InChI=1S/C23H29N2/c1-17-12-13-18(16-23(2,3)4)15-19(17)20-9-7-10-22(25(20)6)21-11-8-14-24(21)5/h7-15H,16H2,1-6H3/q+1. The van der Waals surface area contributed by atoms with Crippen LogP contribution in [0.5, 0.6) is 0 Å². The summed E-state index contributed by atoms with van der Waals surface area (Å²) in [7, 11) is 4.25. The van der Waals surface area contributed by atoms with Crippen LogP contribution in [0, 0.1) is 12.3 Å². The molecule has 0 atom stereocenters. The summed E-state index contributed by atoms with van der Waals surface area (Å²) in [6.45, 7) is 9.08. The molecule has 0 fully saturated rings. The van der Waals surface area contributed by atoms with Gasteiger partial charge in [0.05, 0.1) is 0 Å². The van der Waals surface area contributed by atoms with E-state index in [9.17, 15) is 0 Å². The van der Waals surface area contributed by atoms with Crippen molar-refractivity contribution < 1.29 is 4.57 Å². The Balaban J connectivity index is 2.11. The summed E-state index contributed by atoms with van der Waals surface area (Å²) < 4.78 is 4.47. The van der Waals surface area contributed by atoms with Crippen LogP contribution in [0.3, 0.4) is 0 Å². The molecule has 0 saturated heterocycles. The fraction of sp³-hybridized carbons (Fsp3) is 0.348. The van der Waals surface area contributed by atoms with Gasteiger partial charge in [-0.25, -0.2) is 0 Å². The van der Waals surface area contributed by atoms with Crippen molar-refractivity contribution in [1.82, 2.24) is 4.57 Å². The van der Waals surface area contributed by atoms with Crippen molar-refractivity contribution in [3.63, 3.8) is 0 Å². The van der Waals surface area contributed by atoms with Gasteiger partial charge in [-0.1, -0.05) is 32.9 Å². The van der Waals surface area contributed by atoms with Gasteiger partial charge in [-0.2, -0.15) is 4.57 Å². The highest BCUT2D eigenvalue weighted by Crippen LogP contribution is 2.27. The second-order valence-corrected chi connectivity index (χ2v) is 8.25. The van der Waals surface area contributed by atoms with Crippen LogP contribution in [0.25, 0.3) is 22.6 Å². The van der Waals surface area contributed by atoms with E-state index in [4.69, 9.17) is 0 Å². The molecule has 130 valence electrons. The van der Waals surface area contributed by atoms with Crippen LogP contribution < -0.4 is 4.57 Å². The quantitative estimate of drug-likeness (QED) is 0.591. The molecule has 0 spiro atoms. The van der Waals surface area contributed by atoms with E-state index in [0.717, 1.165) is 6.42 Å². The van der Waals surface area contributed by atoms with Gasteiger partial charge < -0.3 is 4.57 Å². The summed E-state index contributed by atoms with van der Waals surface area (Å²) in [6, 6.07) is 17.7. The van der Waals surface area contributed by atoms with Crippen LogP contribution in [0.4, 0.5) is 0 Å². The second kappa shape index (κ2) is 6.51. The van der Waals surface area contributed by atoms with E-state index in [-0.39, 0.29) is 0 Å². The third kappa shape index (κ3) is 3.68. The third-order valence-electron chi connectivity index (χ3n) is 4.75. The van der Waals surface area contributed by atoms with Gasteiger partial charge in [0, 0.05) is 30.9 Å². The van der Waals surface area contributed by atoms with Crippen LogP contribution in [-0.4, -0.2) is 4.57 Å². The smallest absolute Gasteiger partial charge is 0.229 e. The predicted octanol–water partition coefficient (Wildman–Crippen LogP) is 5.08. The summed E-state index contributed by atoms with van der Waals surface area (Å²) in [5, 5.41) is 0. The summed E-state index contributed by atoms with van der Waals surface area (Å²) in [5.41, 5.74) is 8.04. The van der Waals surface area contributed by atoms with E-state index in [1.807, 2.05) is 0 Å². The summed E-state index contributed by atoms with van der Waals surface area (Å²) in [5.74, 6) is 0. The first-order valence-corrected chi connectivity index (χ1v) is 8.97. The highest BCUT2D eigenvalue weighted by molar-refractivity contribution is 5.64. The molecule has 0 radical (unpaired) electrons. The Kier molecular flexibility index (Phi) is 4.55. The Hall–Kier alpha value is -2.35. The second-order valence-electron chi connectivity index (χ2n) is 8.25. The zero-order chi connectivity index (χ0) is 18.2. The number of nitrogens with zero attached hydrogens (tertiary/aromatic N) is 2. The molecule has 0 aliphatic rings. The predicted molar refractivity (Wildman–Crippen MR) is 105 cm³/mol. The van der Waals surface area contributed by atoms with E-state index in [1.54, 1.807) is 0 Å². The zero-order valence-electron chi connectivity index (χ0n) is 16.3. The Bertz CT molecular complexity index is 895. The van der Waals surface area contributed by atoms with Gasteiger partial charge in [0.25, 0.3) is 0 Å². The normalized spacial score (nSPS) is 11.8. The molecule has 0 aliphatic carbocycles.